The summed E-state index contributed by atoms with van der Waals surface area (Å²) in [6.07, 6.45) is 3.16. The summed E-state index contributed by atoms with van der Waals surface area (Å²) in [5.41, 5.74) is 1.27. The van der Waals surface area contributed by atoms with Gasteiger partial charge in [0.25, 0.3) is 5.56 Å². The van der Waals surface area contributed by atoms with Gasteiger partial charge in [0.1, 0.15) is 5.02 Å². The second-order valence-corrected chi connectivity index (χ2v) is 5.86. The van der Waals surface area contributed by atoms with Crippen molar-refractivity contribution in [3.63, 3.8) is 0 Å². The molecule has 0 radical (unpaired) electrons. The van der Waals surface area contributed by atoms with Crippen LogP contribution in [0.2, 0.25) is 5.02 Å². The molecule has 0 saturated heterocycles. The van der Waals surface area contributed by atoms with Crippen LogP contribution in [0.5, 0.6) is 0 Å². The molecule has 0 aliphatic rings. The first-order chi connectivity index (χ1) is 10.0. The van der Waals surface area contributed by atoms with Gasteiger partial charge in [0.15, 0.2) is 0 Å². The van der Waals surface area contributed by atoms with Crippen LogP contribution in [0.3, 0.4) is 0 Å². The normalized spacial score (nSPS) is 12.0. The van der Waals surface area contributed by atoms with Gasteiger partial charge in [-0.05, 0) is 24.6 Å². The molecule has 0 spiro atoms. The zero-order valence-electron chi connectivity index (χ0n) is 11.5. The summed E-state index contributed by atoms with van der Waals surface area (Å²) >= 11 is 9.56. The molecule has 0 bridgehead atoms. The zero-order valence-corrected chi connectivity index (χ0v) is 13.9. The Labute approximate surface area is 136 Å². The molecule has 21 heavy (non-hydrogen) atoms. The lowest BCUT2D eigenvalue weighted by atomic mass is 10.1. The van der Waals surface area contributed by atoms with E-state index in [0.29, 0.717) is 12.2 Å². The summed E-state index contributed by atoms with van der Waals surface area (Å²) in [4.78, 5) is 12.0. The molecule has 1 atom stereocenters. The van der Waals surface area contributed by atoms with Crippen LogP contribution in [0.1, 0.15) is 18.5 Å². The molecule has 0 amide bonds. The Bertz CT molecular complexity index is 714. The second kappa shape index (κ2) is 6.91. The SMILES string of the molecule is C=CCn1ncc(NC(C)c2cccc(Br)c2)c(Cl)c1=O. The molecule has 6 heteroatoms. The maximum Gasteiger partial charge on any atom is 0.287 e. The summed E-state index contributed by atoms with van der Waals surface area (Å²) in [5.74, 6) is 0. The summed E-state index contributed by atoms with van der Waals surface area (Å²) < 4.78 is 2.27. The van der Waals surface area contributed by atoms with Crippen molar-refractivity contribution in [3.05, 3.63) is 68.5 Å². The molecule has 1 aromatic carbocycles. The van der Waals surface area contributed by atoms with E-state index in [4.69, 9.17) is 11.6 Å². The van der Waals surface area contributed by atoms with Crippen LogP contribution in [0.15, 0.2) is 52.4 Å². The molecule has 1 unspecified atom stereocenters. The van der Waals surface area contributed by atoms with Crippen LogP contribution >= 0.6 is 27.5 Å². The van der Waals surface area contributed by atoms with Gasteiger partial charge >= 0.3 is 0 Å². The number of hydrogen-bond acceptors (Lipinski definition) is 3. The van der Waals surface area contributed by atoms with Gasteiger partial charge in [-0.15, -0.1) is 6.58 Å². The Kier molecular flexibility index (Phi) is 5.20. The fourth-order valence-electron chi connectivity index (χ4n) is 1.91. The van der Waals surface area contributed by atoms with E-state index in [9.17, 15) is 4.79 Å². The maximum atomic E-state index is 12.0. The minimum absolute atomic E-state index is 0.00328. The number of nitrogens with zero attached hydrogens (tertiary/aromatic N) is 2. The molecule has 110 valence electrons. The molecular weight excluding hydrogens is 354 g/mol. The fraction of sp³-hybridized carbons (Fsp3) is 0.200. The van der Waals surface area contributed by atoms with Crippen molar-refractivity contribution in [1.29, 1.82) is 0 Å². The molecule has 2 rings (SSSR count). The molecule has 2 aromatic rings. The number of anilines is 1. The molecule has 0 saturated carbocycles. The van der Waals surface area contributed by atoms with Crippen LogP contribution in [0.25, 0.3) is 0 Å². The van der Waals surface area contributed by atoms with Crippen LogP contribution in [-0.2, 0) is 6.54 Å². The molecule has 0 aliphatic carbocycles. The van der Waals surface area contributed by atoms with E-state index in [1.54, 1.807) is 12.3 Å². The summed E-state index contributed by atoms with van der Waals surface area (Å²) in [7, 11) is 0. The van der Waals surface area contributed by atoms with Crippen LogP contribution in [0.4, 0.5) is 5.69 Å². The monoisotopic (exact) mass is 367 g/mol. The number of benzene rings is 1. The fourth-order valence-corrected chi connectivity index (χ4v) is 2.53. The van der Waals surface area contributed by atoms with E-state index in [-0.39, 0.29) is 16.6 Å². The molecule has 0 fully saturated rings. The number of rotatable bonds is 5. The van der Waals surface area contributed by atoms with Crippen molar-refractivity contribution in [1.82, 2.24) is 9.78 Å². The highest BCUT2D eigenvalue weighted by Gasteiger charge is 2.12. The Balaban J connectivity index is 2.25. The lowest BCUT2D eigenvalue weighted by Gasteiger charge is -2.17. The largest absolute Gasteiger partial charge is 0.376 e. The third kappa shape index (κ3) is 3.74. The standard InChI is InChI=1S/C15H15BrClN3O/c1-3-7-20-15(21)14(17)13(9-18-20)19-10(2)11-5-4-6-12(16)8-11/h3-6,8-10,19H,1,7H2,2H3. The third-order valence-electron chi connectivity index (χ3n) is 3.01. The Morgan fingerprint density at radius 2 is 2.33 bits per heavy atom. The van der Waals surface area contributed by atoms with E-state index in [1.165, 1.54) is 4.68 Å². The first-order valence-electron chi connectivity index (χ1n) is 6.41. The van der Waals surface area contributed by atoms with E-state index in [1.807, 2.05) is 31.2 Å². The lowest BCUT2D eigenvalue weighted by Crippen LogP contribution is -2.24. The van der Waals surface area contributed by atoms with Gasteiger partial charge < -0.3 is 5.32 Å². The third-order valence-corrected chi connectivity index (χ3v) is 3.87. The highest BCUT2D eigenvalue weighted by atomic mass is 79.9. The van der Waals surface area contributed by atoms with Crippen molar-refractivity contribution >= 4 is 33.2 Å². The van der Waals surface area contributed by atoms with Crippen molar-refractivity contribution in [2.24, 2.45) is 0 Å². The predicted molar refractivity (Wildman–Crippen MR) is 89.9 cm³/mol. The summed E-state index contributed by atoms with van der Waals surface area (Å²) in [6.45, 7) is 5.91. The van der Waals surface area contributed by atoms with Crippen molar-refractivity contribution in [3.8, 4) is 0 Å². The number of nitrogens with one attached hydrogen (secondary N) is 1. The first-order valence-corrected chi connectivity index (χ1v) is 7.58. The highest BCUT2D eigenvalue weighted by molar-refractivity contribution is 9.10. The number of halogens is 2. The van der Waals surface area contributed by atoms with Crippen LogP contribution in [0, 0.1) is 0 Å². The first kappa shape index (κ1) is 15.8. The van der Waals surface area contributed by atoms with Crippen molar-refractivity contribution in [2.45, 2.75) is 19.5 Å². The topological polar surface area (TPSA) is 46.9 Å². The van der Waals surface area contributed by atoms with Gasteiger partial charge in [-0.2, -0.15) is 5.10 Å². The lowest BCUT2D eigenvalue weighted by molar-refractivity contribution is 0.652. The van der Waals surface area contributed by atoms with E-state index >= 15 is 0 Å². The highest BCUT2D eigenvalue weighted by Crippen LogP contribution is 2.24. The average molecular weight is 369 g/mol. The maximum absolute atomic E-state index is 12.0. The second-order valence-electron chi connectivity index (χ2n) is 4.57. The van der Waals surface area contributed by atoms with Gasteiger partial charge in [-0.3, -0.25) is 4.79 Å². The van der Waals surface area contributed by atoms with Gasteiger partial charge in [0, 0.05) is 10.5 Å². The molecule has 1 N–H and O–H groups in total. The van der Waals surface area contributed by atoms with Gasteiger partial charge in [0.2, 0.25) is 0 Å². The van der Waals surface area contributed by atoms with Gasteiger partial charge in [-0.25, -0.2) is 4.68 Å². The summed E-state index contributed by atoms with van der Waals surface area (Å²) in [6, 6.07) is 7.93. The molecule has 1 aromatic heterocycles. The number of hydrogen-bond donors (Lipinski definition) is 1. The Morgan fingerprint density at radius 3 is 3.00 bits per heavy atom. The summed E-state index contributed by atoms with van der Waals surface area (Å²) in [5, 5.41) is 7.41. The predicted octanol–water partition coefficient (Wildman–Crippen LogP) is 4.02. The van der Waals surface area contributed by atoms with Gasteiger partial charge in [0.05, 0.1) is 18.4 Å². The van der Waals surface area contributed by atoms with Crippen molar-refractivity contribution < 1.29 is 0 Å². The van der Waals surface area contributed by atoms with Crippen LogP contribution in [-0.4, -0.2) is 9.78 Å². The Morgan fingerprint density at radius 1 is 1.57 bits per heavy atom. The van der Waals surface area contributed by atoms with Crippen LogP contribution < -0.4 is 10.9 Å². The quantitative estimate of drug-likeness (QED) is 0.811. The minimum atomic E-state index is -0.331. The smallest absolute Gasteiger partial charge is 0.287 e. The molecular formula is C15H15BrClN3O. The average Bonchev–Trinajstić information content (AvgIpc) is 2.47. The molecule has 1 heterocycles. The van der Waals surface area contributed by atoms with E-state index in [0.717, 1.165) is 10.0 Å². The number of allylic oxidation sites excluding steroid dienone is 1. The van der Waals surface area contributed by atoms with E-state index < -0.39 is 0 Å². The Hall–Kier alpha value is -1.59. The number of aromatic nitrogens is 2. The molecule has 4 nitrogen and oxygen atoms in total. The minimum Gasteiger partial charge on any atom is -0.376 e. The van der Waals surface area contributed by atoms with Crippen molar-refractivity contribution in [2.75, 3.05) is 5.32 Å². The van der Waals surface area contributed by atoms with Gasteiger partial charge in [-0.1, -0.05) is 45.7 Å². The van der Waals surface area contributed by atoms with E-state index in [2.05, 4.69) is 32.9 Å². The zero-order chi connectivity index (χ0) is 15.4. The molecule has 0 aliphatic heterocycles.